The summed E-state index contributed by atoms with van der Waals surface area (Å²) in [5.41, 5.74) is 2.56. The summed E-state index contributed by atoms with van der Waals surface area (Å²) >= 11 is 0. The van der Waals surface area contributed by atoms with Gasteiger partial charge in [-0.3, -0.25) is 9.69 Å². The molecule has 0 unspecified atom stereocenters. The third-order valence-electron chi connectivity index (χ3n) is 3.94. The first-order valence-corrected chi connectivity index (χ1v) is 7.27. The zero-order chi connectivity index (χ0) is 14.7. The Kier molecular flexibility index (Phi) is 4.02. The number of ketones is 1. The van der Waals surface area contributed by atoms with Crippen LogP contribution in [0.3, 0.4) is 0 Å². The predicted octanol–water partition coefficient (Wildman–Crippen LogP) is 3.13. The fourth-order valence-electron chi connectivity index (χ4n) is 2.58. The van der Waals surface area contributed by atoms with Crippen LogP contribution in [0.5, 0.6) is 5.75 Å². The molecule has 21 heavy (non-hydrogen) atoms. The molecular formula is C18H19NO2. The Morgan fingerprint density at radius 3 is 2.67 bits per heavy atom. The molecule has 0 radical (unpaired) electrons. The maximum absolute atomic E-state index is 12.7. The average Bonchev–Trinajstić information content (AvgIpc) is 2.50. The maximum Gasteiger partial charge on any atom is 0.193 e. The van der Waals surface area contributed by atoms with Crippen LogP contribution in [-0.4, -0.2) is 30.9 Å². The number of nitrogens with zero attached hydrogens (tertiary/aromatic N) is 1. The van der Waals surface area contributed by atoms with Crippen molar-refractivity contribution >= 4 is 5.78 Å². The van der Waals surface area contributed by atoms with E-state index < -0.39 is 0 Å². The van der Waals surface area contributed by atoms with E-state index in [-0.39, 0.29) is 5.78 Å². The number of methoxy groups -OCH3 is 1. The highest BCUT2D eigenvalue weighted by atomic mass is 16.5. The summed E-state index contributed by atoms with van der Waals surface area (Å²) in [6, 6.07) is 15.2. The van der Waals surface area contributed by atoms with Gasteiger partial charge in [-0.25, -0.2) is 0 Å². The van der Waals surface area contributed by atoms with Crippen LogP contribution in [0.4, 0.5) is 0 Å². The SMILES string of the molecule is COc1cccc(C(=O)c2ccccc2CN2CCC2)c1. The van der Waals surface area contributed by atoms with E-state index >= 15 is 0 Å². The summed E-state index contributed by atoms with van der Waals surface area (Å²) in [6.45, 7) is 3.11. The standard InChI is InChI=1S/C18H19NO2/c1-21-16-8-4-7-14(12-16)18(20)17-9-3-2-6-15(17)13-19-10-5-11-19/h2-4,6-9,12H,5,10-11,13H2,1H3. The van der Waals surface area contributed by atoms with E-state index in [4.69, 9.17) is 4.74 Å². The number of hydrogen-bond donors (Lipinski definition) is 0. The Balaban J connectivity index is 1.89. The van der Waals surface area contributed by atoms with Crippen LogP contribution in [0.25, 0.3) is 0 Å². The third-order valence-corrected chi connectivity index (χ3v) is 3.94. The Bertz CT molecular complexity index is 647. The van der Waals surface area contributed by atoms with Gasteiger partial charge in [0.05, 0.1) is 7.11 Å². The van der Waals surface area contributed by atoms with Gasteiger partial charge in [0.15, 0.2) is 5.78 Å². The second-order valence-corrected chi connectivity index (χ2v) is 5.35. The van der Waals surface area contributed by atoms with E-state index in [0.717, 1.165) is 30.8 Å². The number of benzene rings is 2. The first-order chi connectivity index (χ1) is 10.3. The number of likely N-dealkylation sites (tertiary alicyclic amines) is 1. The molecule has 0 spiro atoms. The minimum Gasteiger partial charge on any atom is -0.497 e. The summed E-state index contributed by atoms with van der Waals surface area (Å²) in [6.07, 6.45) is 1.26. The molecule has 3 rings (SSSR count). The molecule has 2 aromatic rings. The van der Waals surface area contributed by atoms with Gasteiger partial charge in [0.2, 0.25) is 0 Å². The quantitative estimate of drug-likeness (QED) is 0.789. The van der Waals surface area contributed by atoms with E-state index in [9.17, 15) is 4.79 Å². The molecule has 0 N–H and O–H groups in total. The number of hydrogen-bond acceptors (Lipinski definition) is 3. The van der Waals surface area contributed by atoms with E-state index in [2.05, 4.69) is 4.90 Å². The molecule has 1 saturated heterocycles. The second kappa shape index (κ2) is 6.10. The summed E-state index contributed by atoms with van der Waals surface area (Å²) in [7, 11) is 1.61. The van der Waals surface area contributed by atoms with Crippen LogP contribution in [0.2, 0.25) is 0 Å². The zero-order valence-electron chi connectivity index (χ0n) is 12.2. The molecule has 1 aliphatic rings. The fourth-order valence-corrected chi connectivity index (χ4v) is 2.58. The number of carbonyl (C=O) groups is 1. The van der Waals surface area contributed by atoms with Gasteiger partial charge < -0.3 is 4.74 Å². The van der Waals surface area contributed by atoms with Crippen molar-refractivity contribution in [2.75, 3.05) is 20.2 Å². The molecule has 1 heterocycles. The molecule has 3 nitrogen and oxygen atoms in total. The molecule has 0 saturated carbocycles. The number of carbonyl (C=O) groups excluding carboxylic acids is 1. The highest BCUT2D eigenvalue weighted by molar-refractivity contribution is 6.10. The molecule has 0 atom stereocenters. The Morgan fingerprint density at radius 2 is 1.95 bits per heavy atom. The van der Waals surface area contributed by atoms with Crippen LogP contribution in [0, 0.1) is 0 Å². The molecular weight excluding hydrogens is 262 g/mol. The lowest BCUT2D eigenvalue weighted by Gasteiger charge is -2.31. The van der Waals surface area contributed by atoms with Crippen molar-refractivity contribution in [1.29, 1.82) is 0 Å². The molecule has 1 aliphatic heterocycles. The van der Waals surface area contributed by atoms with Crippen molar-refractivity contribution in [3.05, 3.63) is 65.2 Å². The fraction of sp³-hybridized carbons (Fsp3) is 0.278. The van der Waals surface area contributed by atoms with Crippen LogP contribution in [0.1, 0.15) is 27.9 Å². The highest BCUT2D eigenvalue weighted by Crippen LogP contribution is 2.21. The van der Waals surface area contributed by atoms with Crippen LogP contribution >= 0.6 is 0 Å². The lowest BCUT2D eigenvalue weighted by atomic mass is 9.97. The smallest absolute Gasteiger partial charge is 0.193 e. The van der Waals surface area contributed by atoms with Gasteiger partial charge >= 0.3 is 0 Å². The molecule has 0 aliphatic carbocycles. The Morgan fingerprint density at radius 1 is 1.14 bits per heavy atom. The van der Waals surface area contributed by atoms with Gasteiger partial charge in [-0.2, -0.15) is 0 Å². The highest BCUT2D eigenvalue weighted by Gasteiger charge is 2.18. The molecule has 108 valence electrons. The van der Waals surface area contributed by atoms with E-state index in [1.807, 2.05) is 42.5 Å². The summed E-state index contributed by atoms with van der Waals surface area (Å²) in [5, 5.41) is 0. The summed E-state index contributed by atoms with van der Waals surface area (Å²) in [5.74, 6) is 0.770. The van der Waals surface area contributed by atoms with Crippen molar-refractivity contribution in [2.45, 2.75) is 13.0 Å². The van der Waals surface area contributed by atoms with Gasteiger partial charge in [0, 0.05) is 17.7 Å². The van der Waals surface area contributed by atoms with Crippen molar-refractivity contribution < 1.29 is 9.53 Å². The van der Waals surface area contributed by atoms with E-state index in [1.165, 1.54) is 6.42 Å². The monoisotopic (exact) mass is 281 g/mol. The molecule has 0 aromatic heterocycles. The molecule has 0 bridgehead atoms. The normalized spacial score (nSPS) is 14.5. The lowest BCUT2D eigenvalue weighted by Crippen LogP contribution is -2.36. The van der Waals surface area contributed by atoms with Gasteiger partial charge in [-0.05, 0) is 37.2 Å². The molecule has 3 heteroatoms. The van der Waals surface area contributed by atoms with Crippen molar-refractivity contribution in [3.8, 4) is 5.75 Å². The number of rotatable bonds is 5. The molecule has 1 fully saturated rings. The number of ether oxygens (including phenoxy) is 1. The maximum atomic E-state index is 12.7. The van der Waals surface area contributed by atoms with Crippen LogP contribution in [0.15, 0.2) is 48.5 Å². The first kappa shape index (κ1) is 13.8. The average molecular weight is 281 g/mol. The van der Waals surface area contributed by atoms with Gasteiger partial charge in [0.25, 0.3) is 0 Å². The van der Waals surface area contributed by atoms with Crippen molar-refractivity contribution in [3.63, 3.8) is 0 Å². The van der Waals surface area contributed by atoms with Crippen LogP contribution < -0.4 is 4.74 Å². The van der Waals surface area contributed by atoms with Crippen molar-refractivity contribution in [2.24, 2.45) is 0 Å². The lowest BCUT2D eigenvalue weighted by molar-refractivity contribution is 0.103. The largest absolute Gasteiger partial charge is 0.497 e. The third kappa shape index (κ3) is 2.98. The second-order valence-electron chi connectivity index (χ2n) is 5.35. The molecule has 2 aromatic carbocycles. The Labute approximate surface area is 125 Å². The van der Waals surface area contributed by atoms with Gasteiger partial charge in [-0.15, -0.1) is 0 Å². The summed E-state index contributed by atoms with van der Waals surface area (Å²) < 4.78 is 5.20. The van der Waals surface area contributed by atoms with E-state index in [0.29, 0.717) is 11.3 Å². The van der Waals surface area contributed by atoms with Gasteiger partial charge in [-0.1, -0.05) is 36.4 Å². The minimum absolute atomic E-state index is 0.0602. The Hall–Kier alpha value is -2.13. The van der Waals surface area contributed by atoms with Crippen LogP contribution in [-0.2, 0) is 6.54 Å². The zero-order valence-corrected chi connectivity index (χ0v) is 12.2. The van der Waals surface area contributed by atoms with Crippen molar-refractivity contribution in [1.82, 2.24) is 4.90 Å². The summed E-state index contributed by atoms with van der Waals surface area (Å²) in [4.78, 5) is 15.1. The van der Waals surface area contributed by atoms with E-state index in [1.54, 1.807) is 13.2 Å². The van der Waals surface area contributed by atoms with Gasteiger partial charge in [0.1, 0.15) is 5.75 Å². The molecule has 0 amide bonds. The predicted molar refractivity (Wildman–Crippen MR) is 82.8 cm³/mol. The minimum atomic E-state index is 0.0602. The first-order valence-electron chi connectivity index (χ1n) is 7.27. The topological polar surface area (TPSA) is 29.5 Å².